The van der Waals surface area contributed by atoms with E-state index in [0.29, 0.717) is 16.3 Å². The molecule has 1 aromatic carbocycles. The van der Waals surface area contributed by atoms with E-state index < -0.39 is 11.9 Å². The number of thiazole rings is 1. The molecule has 2 aromatic heterocycles. The molecule has 0 fully saturated rings. The van der Waals surface area contributed by atoms with Gasteiger partial charge in [-0.3, -0.25) is 9.20 Å². The zero-order valence-electron chi connectivity index (χ0n) is 11.4. The summed E-state index contributed by atoms with van der Waals surface area (Å²) in [6.07, 6.45) is 3.44. The van der Waals surface area contributed by atoms with Gasteiger partial charge in [-0.15, -0.1) is 11.3 Å². The van der Waals surface area contributed by atoms with Crippen molar-refractivity contribution >= 4 is 45.5 Å². The number of hydrogen-bond donors (Lipinski definition) is 1. The first-order valence-electron chi connectivity index (χ1n) is 6.20. The summed E-state index contributed by atoms with van der Waals surface area (Å²) in [5, 5.41) is 4.84. The predicted octanol–water partition coefficient (Wildman–Crippen LogP) is 3.09. The molecule has 112 valence electrons. The smallest absolute Gasteiger partial charge is 0.337 e. The summed E-state index contributed by atoms with van der Waals surface area (Å²) in [4.78, 5) is 28.7. The topological polar surface area (TPSA) is 72.7 Å². The van der Waals surface area contributed by atoms with E-state index in [1.54, 1.807) is 10.6 Å². The Hall–Kier alpha value is -2.38. The zero-order chi connectivity index (χ0) is 15.7. The molecule has 1 N–H and O–H groups in total. The van der Waals surface area contributed by atoms with Gasteiger partial charge in [0.05, 0.1) is 23.4 Å². The van der Waals surface area contributed by atoms with E-state index in [9.17, 15) is 9.59 Å². The van der Waals surface area contributed by atoms with Gasteiger partial charge in [0.25, 0.3) is 5.91 Å². The van der Waals surface area contributed by atoms with Crippen LogP contribution in [0.15, 0.2) is 36.0 Å². The highest BCUT2D eigenvalue weighted by Crippen LogP contribution is 2.24. The molecule has 0 bridgehead atoms. The minimum absolute atomic E-state index is 0.270. The number of nitrogens with zero attached hydrogens (tertiary/aromatic N) is 2. The highest BCUT2D eigenvalue weighted by Gasteiger charge is 2.15. The second-order valence-corrected chi connectivity index (χ2v) is 5.64. The maximum atomic E-state index is 12.2. The van der Waals surface area contributed by atoms with Crippen molar-refractivity contribution < 1.29 is 14.3 Å². The Kier molecular flexibility index (Phi) is 3.82. The van der Waals surface area contributed by atoms with Gasteiger partial charge in [0, 0.05) is 17.8 Å². The third kappa shape index (κ3) is 2.68. The van der Waals surface area contributed by atoms with Crippen LogP contribution in [-0.4, -0.2) is 28.4 Å². The Morgan fingerprint density at radius 2 is 2.23 bits per heavy atom. The normalized spacial score (nSPS) is 10.6. The summed E-state index contributed by atoms with van der Waals surface area (Å²) >= 11 is 7.47. The van der Waals surface area contributed by atoms with Gasteiger partial charge in [-0.05, 0) is 18.2 Å². The molecule has 2 heterocycles. The fourth-order valence-electron chi connectivity index (χ4n) is 1.89. The van der Waals surface area contributed by atoms with Crippen LogP contribution in [0.25, 0.3) is 4.96 Å². The molecule has 0 atom stereocenters. The van der Waals surface area contributed by atoms with Crippen LogP contribution >= 0.6 is 22.9 Å². The van der Waals surface area contributed by atoms with Crippen molar-refractivity contribution in [1.82, 2.24) is 9.38 Å². The lowest BCUT2D eigenvalue weighted by Crippen LogP contribution is -2.13. The third-order valence-corrected chi connectivity index (χ3v) is 4.06. The van der Waals surface area contributed by atoms with E-state index >= 15 is 0 Å². The first-order valence-corrected chi connectivity index (χ1v) is 7.45. The average molecular weight is 336 g/mol. The van der Waals surface area contributed by atoms with Gasteiger partial charge in [-0.1, -0.05) is 11.6 Å². The number of imidazole rings is 1. The standard InChI is InChI=1S/C14H10ClN3O3S/c1-21-13(20)8-2-3-9(15)10(6-8)16-12(19)11-7-18-4-5-22-14(18)17-11/h2-7H,1H3,(H,16,19). The van der Waals surface area contributed by atoms with Gasteiger partial charge in [0.2, 0.25) is 0 Å². The maximum Gasteiger partial charge on any atom is 0.337 e. The summed E-state index contributed by atoms with van der Waals surface area (Å²) in [5.74, 6) is -0.908. The van der Waals surface area contributed by atoms with Crippen LogP contribution in [0.2, 0.25) is 5.02 Å². The fraction of sp³-hybridized carbons (Fsp3) is 0.0714. The average Bonchev–Trinajstić information content (AvgIpc) is 3.10. The van der Waals surface area contributed by atoms with E-state index in [1.165, 1.54) is 36.6 Å². The van der Waals surface area contributed by atoms with Gasteiger partial charge in [-0.2, -0.15) is 0 Å². The van der Waals surface area contributed by atoms with Crippen LogP contribution < -0.4 is 5.32 Å². The van der Waals surface area contributed by atoms with E-state index in [4.69, 9.17) is 11.6 Å². The van der Waals surface area contributed by atoms with Crippen LogP contribution in [0.1, 0.15) is 20.8 Å². The molecule has 22 heavy (non-hydrogen) atoms. The number of hydrogen-bond acceptors (Lipinski definition) is 5. The van der Waals surface area contributed by atoms with Gasteiger partial charge in [0.15, 0.2) is 4.96 Å². The molecular formula is C14H10ClN3O3S. The minimum atomic E-state index is -0.505. The molecule has 0 saturated heterocycles. The number of esters is 1. The Labute approximate surface area is 134 Å². The minimum Gasteiger partial charge on any atom is -0.465 e. The van der Waals surface area contributed by atoms with E-state index in [0.717, 1.165) is 4.96 Å². The molecule has 0 saturated carbocycles. The number of amides is 1. The second-order valence-electron chi connectivity index (χ2n) is 4.36. The largest absolute Gasteiger partial charge is 0.465 e. The SMILES string of the molecule is COC(=O)c1ccc(Cl)c(NC(=O)c2cn3ccsc3n2)c1. The monoisotopic (exact) mass is 335 g/mol. The molecule has 0 radical (unpaired) electrons. The number of nitrogens with one attached hydrogen (secondary N) is 1. The Balaban J connectivity index is 1.87. The molecule has 0 spiro atoms. The lowest BCUT2D eigenvalue weighted by molar-refractivity contribution is 0.0600. The highest BCUT2D eigenvalue weighted by molar-refractivity contribution is 7.15. The number of carbonyl (C=O) groups excluding carboxylic acids is 2. The number of rotatable bonds is 3. The number of ether oxygens (including phenoxy) is 1. The number of methoxy groups -OCH3 is 1. The van der Waals surface area contributed by atoms with E-state index in [-0.39, 0.29) is 5.69 Å². The summed E-state index contributed by atoms with van der Waals surface area (Å²) in [5.41, 5.74) is 0.894. The first kappa shape index (κ1) is 14.6. The van der Waals surface area contributed by atoms with Crippen molar-refractivity contribution in [2.45, 2.75) is 0 Å². The third-order valence-electron chi connectivity index (χ3n) is 2.96. The number of fused-ring (bicyclic) bond motifs is 1. The number of carbonyl (C=O) groups is 2. The van der Waals surface area contributed by atoms with Crippen LogP contribution in [0.4, 0.5) is 5.69 Å². The zero-order valence-corrected chi connectivity index (χ0v) is 12.9. The van der Waals surface area contributed by atoms with Crippen LogP contribution in [0.3, 0.4) is 0 Å². The molecule has 0 unspecified atom stereocenters. The van der Waals surface area contributed by atoms with Crippen LogP contribution in [-0.2, 0) is 4.74 Å². The molecule has 0 aliphatic heterocycles. The van der Waals surface area contributed by atoms with Gasteiger partial charge < -0.3 is 10.1 Å². The Morgan fingerprint density at radius 3 is 2.95 bits per heavy atom. The van der Waals surface area contributed by atoms with Crippen LogP contribution in [0, 0.1) is 0 Å². The number of benzene rings is 1. The van der Waals surface area contributed by atoms with E-state index in [1.807, 2.05) is 11.6 Å². The summed E-state index contributed by atoms with van der Waals surface area (Å²) in [6.45, 7) is 0. The molecule has 6 nitrogen and oxygen atoms in total. The number of halogens is 1. The number of aromatic nitrogens is 2. The Morgan fingerprint density at radius 1 is 1.41 bits per heavy atom. The molecule has 8 heteroatoms. The van der Waals surface area contributed by atoms with Crippen molar-refractivity contribution in [3.63, 3.8) is 0 Å². The van der Waals surface area contributed by atoms with Crippen molar-refractivity contribution in [2.24, 2.45) is 0 Å². The first-order chi connectivity index (χ1) is 10.6. The quantitative estimate of drug-likeness (QED) is 0.746. The van der Waals surface area contributed by atoms with Gasteiger partial charge in [-0.25, -0.2) is 9.78 Å². The summed E-state index contributed by atoms with van der Waals surface area (Å²) < 4.78 is 6.40. The van der Waals surface area contributed by atoms with Crippen molar-refractivity contribution in [2.75, 3.05) is 12.4 Å². The van der Waals surface area contributed by atoms with Crippen molar-refractivity contribution in [3.05, 3.63) is 52.3 Å². The lowest BCUT2D eigenvalue weighted by Gasteiger charge is -2.07. The summed E-state index contributed by atoms with van der Waals surface area (Å²) in [6, 6.07) is 4.51. The molecule has 3 aromatic rings. The lowest BCUT2D eigenvalue weighted by atomic mass is 10.2. The van der Waals surface area contributed by atoms with Gasteiger partial charge >= 0.3 is 5.97 Å². The highest BCUT2D eigenvalue weighted by atomic mass is 35.5. The second kappa shape index (κ2) is 5.78. The van der Waals surface area contributed by atoms with Gasteiger partial charge in [0.1, 0.15) is 5.69 Å². The predicted molar refractivity (Wildman–Crippen MR) is 83.8 cm³/mol. The van der Waals surface area contributed by atoms with Crippen LogP contribution in [0.5, 0.6) is 0 Å². The Bertz CT molecular complexity index is 843. The van der Waals surface area contributed by atoms with E-state index in [2.05, 4.69) is 15.0 Å². The molecular weight excluding hydrogens is 326 g/mol. The van der Waals surface area contributed by atoms with Crippen molar-refractivity contribution in [1.29, 1.82) is 0 Å². The number of anilines is 1. The van der Waals surface area contributed by atoms with Crippen molar-refractivity contribution in [3.8, 4) is 0 Å². The molecule has 1 amide bonds. The summed E-state index contributed by atoms with van der Waals surface area (Å²) in [7, 11) is 1.28. The molecule has 0 aliphatic carbocycles. The molecule has 0 aliphatic rings. The molecule has 3 rings (SSSR count). The maximum absolute atomic E-state index is 12.2. The fourth-order valence-corrected chi connectivity index (χ4v) is 2.75.